The monoisotopic (exact) mass is 287 g/mol. The molecule has 3 heterocycles. The molecule has 2 amide bonds. The summed E-state index contributed by atoms with van der Waals surface area (Å²) in [5.74, 6) is 0. The van der Waals surface area contributed by atoms with Crippen LogP contribution in [-0.4, -0.2) is 22.5 Å². The van der Waals surface area contributed by atoms with E-state index < -0.39 is 0 Å². The highest BCUT2D eigenvalue weighted by atomic mass is 32.1. The number of carbonyl (C=O) groups excluding carboxylic acids is 1. The standard InChI is InChI=1S/C15H17N3OS/c19-15(17-10-13-4-1-2-7-16-13)18-8-3-5-14(18)12-6-9-20-11-12/h1-2,4,6-7,9,11,14H,3,5,8,10H2,(H,17,19). The first kappa shape index (κ1) is 13.1. The molecule has 2 aromatic heterocycles. The van der Waals surface area contributed by atoms with E-state index in [4.69, 9.17) is 0 Å². The number of likely N-dealkylation sites (tertiary alicyclic amines) is 1. The molecule has 1 fully saturated rings. The molecular weight excluding hydrogens is 270 g/mol. The van der Waals surface area contributed by atoms with Crippen LogP contribution in [0.25, 0.3) is 0 Å². The Kier molecular flexibility index (Phi) is 3.97. The maximum Gasteiger partial charge on any atom is 0.318 e. The van der Waals surface area contributed by atoms with Crippen molar-refractivity contribution in [3.63, 3.8) is 0 Å². The Bertz CT molecular complexity index is 556. The van der Waals surface area contributed by atoms with E-state index in [-0.39, 0.29) is 12.1 Å². The molecule has 5 heteroatoms. The number of pyridine rings is 1. The summed E-state index contributed by atoms with van der Waals surface area (Å²) < 4.78 is 0. The summed E-state index contributed by atoms with van der Waals surface area (Å²) in [5.41, 5.74) is 2.13. The van der Waals surface area contributed by atoms with E-state index >= 15 is 0 Å². The third kappa shape index (κ3) is 2.82. The fourth-order valence-corrected chi connectivity index (χ4v) is 3.30. The predicted octanol–water partition coefficient (Wildman–Crippen LogP) is 3.19. The van der Waals surface area contributed by atoms with Crippen LogP contribution in [-0.2, 0) is 6.54 Å². The molecule has 0 bridgehead atoms. The number of amides is 2. The molecule has 0 radical (unpaired) electrons. The van der Waals surface area contributed by atoms with Gasteiger partial charge in [-0.2, -0.15) is 11.3 Å². The van der Waals surface area contributed by atoms with Crippen molar-refractivity contribution in [1.29, 1.82) is 0 Å². The van der Waals surface area contributed by atoms with Crippen molar-refractivity contribution < 1.29 is 4.79 Å². The first-order chi connectivity index (χ1) is 9.84. The van der Waals surface area contributed by atoms with Crippen molar-refractivity contribution in [2.24, 2.45) is 0 Å². The minimum Gasteiger partial charge on any atom is -0.332 e. The highest BCUT2D eigenvalue weighted by molar-refractivity contribution is 7.07. The first-order valence-corrected chi connectivity index (χ1v) is 7.75. The molecule has 1 aliphatic rings. The smallest absolute Gasteiger partial charge is 0.318 e. The maximum atomic E-state index is 12.3. The Morgan fingerprint density at radius 3 is 3.15 bits per heavy atom. The SMILES string of the molecule is O=C(NCc1ccccn1)N1CCCC1c1ccsc1. The van der Waals surface area contributed by atoms with Gasteiger partial charge in [-0.05, 0) is 47.4 Å². The lowest BCUT2D eigenvalue weighted by atomic mass is 10.1. The number of hydrogen-bond acceptors (Lipinski definition) is 3. The van der Waals surface area contributed by atoms with Crippen molar-refractivity contribution in [2.45, 2.75) is 25.4 Å². The summed E-state index contributed by atoms with van der Waals surface area (Å²) in [6.07, 6.45) is 3.86. The molecule has 0 saturated carbocycles. The summed E-state index contributed by atoms with van der Waals surface area (Å²) in [4.78, 5) is 18.5. The number of carbonyl (C=O) groups is 1. The summed E-state index contributed by atoms with van der Waals surface area (Å²) in [6, 6.07) is 8.06. The fraction of sp³-hybridized carbons (Fsp3) is 0.333. The summed E-state index contributed by atoms with van der Waals surface area (Å²) in [5, 5.41) is 7.16. The second-order valence-electron chi connectivity index (χ2n) is 4.89. The second kappa shape index (κ2) is 6.05. The molecule has 0 aromatic carbocycles. The Morgan fingerprint density at radius 2 is 2.40 bits per heavy atom. The number of nitrogens with one attached hydrogen (secondary N) is 1. The fourth-order valence-electron chi connectivity index (χ4n) is 2.59. The van der Waals surface area contributed by atoms with Crippen LogP contribution in [0.5, 0.6) is 0 Å². The van der Waals surface area contributed by atoms with Gasteiger partial charge in [-0.1, -0.05) is 6.07 Å². The van der Waals surface area contributed by atoms with Gasteiger partial charge >= 0.3 is 6.03 Å². The number of urea groups is 1. The Hall–Kier alpha value is -1.88. The number of hydrogen-bond donors (Lipinski definition) is 1. The molecule has 1 aliphatic heterocycles. The molecule has 104 valence electrons. The van der Waals surface area contributed by atoms with Crippen LogP contribution >= 0.6 is 11.3 Å². The van der Waals surface area contributed by atoms with Gasteiger partial charge in [0.25, 0.3) is 0 Å². The van der Waals surface area contributed by atoms with Gasteiger partial charge in [-0.3, -0.25) is 4.98 Å². The van der Waals surface area contributed by atoms with Crippen molar-refractivity contribution in [1.82, 2.24) is 15.2 Å². The predicted molar refractivity (Wildman–Crippen MR) is 79.5 cm³/mol. The van der Waals surface area contributed by atoms with Gasteiger partial charge in [0.1, 0.15) is 0 Å². The number of rotatable bonds is 3. The molecule has 0 spiro atoms. The summed E-state index contributed by atoms with van der Waals surface area (Å²) in [7, 11) is 0. The lowest BCUT2D eigenvalue weighted by Gasteiger charge is -2.24. The molecule has 4 nitrogen and oxygen atoms in total. The van der Waals surface area contributed by atoms with E-state index in [9.17, 15) is 4.79 Å². The van der Waals surface area contributed by atoms with Crippen molar-refractivity contribution in [3.05, 3.63) is 52.5 Å². The Balaban J connectivity index is 1.62. The second-order valence-corrected chi connectivity index (χ2v) is 5.67. The number of nitrogens with zero attached hydrogens (tertiary/aromatic N) is 2. The minimum atomic E-state index is 0.00403. The lowest BCUT2D eigenvalue weighted by molar-refractivity contribution is 0.192. The third-order valence-corrected chi connectivity index (χ3v) is 4.29. The lowest BCUT2D eigenvalue weighted by Crippen LogP contribution is -2.39. The van der Waals surface area contributed by atoms with Crippen LogP contribution in [0, 0.1) is 0 Å². The van der Waals surface area contributed by atoms with Gasteiger partial charge in [0.2, 0.25) is 0 Å². The Morgan fingerprint density at radius 1 is 1.45 bits per heavy atom. The average molecular weight is 287 g/mol. The Labute approximate surface area is 122 Å². The largest absolute Gasteiger partial charge is 0.332 e. The normalized spacial score (nSPS) is 18.2. The highest BCUT2D eigenvalue weighted by Crippen LogP contribution is 2.32. The van der Waals surface area contributed by atoms with Gasteiger partial charge in [-0.25, -0.2) is 4.79 Å². The zero-order chi connectivity index (χ0) is 13.8. The van der Waals surface area contributed by atoms with E-state index in [0.29, 0.717) is 6.54 Å². The van der Waals surface area contributed by atoms with Crippen LogP contribution in [0.3, 0.4) is 0 Å². The number of aromatic nitrogens is 1. The van der Waals surface area contributed by atoms with Crippen LogP contribution in [0.4, 0.5) is 4.79 Å². The van der Waals surface area contributed by atoms with E-state index in [1.54, 1.807) is 17.5 Å². The summed E-state index contributed by atoms with van der Waals surface area (Å²) in [6.45, 7) is 1.31. The average Bonchev–Trinajstić information content (AvgIpc) is 3.15. The quantitative estimate of drug-likeness (QED) is 0.942. The van der Waals surface area contributed by atoms with Gasteiger partial charge < -0.3 is 10.2 Å². The van der Waals surface area contributed by atoms with Crippen LogP contribution in [0.2, 0.25) is 0 Å². The molecule has 20 heavy (non-hydrogen) atoms. The van der Waals surface area contributed by atoms with Crippen molar-refractivity contribution in [2.75, 3.05) is 6.54 Å². The summed E-state index contributed by atoms with van der Waals surface area (Å²) >= 11 is 1.68. The molecule has 1 atom stereocenters. The van der Waals surface area contributed by atoms with Gasteiger partial charge in [-0.15, -0.1) is 0 Å². The van der Waals surface area contributed by atoms with Crippen LogP contribution in [0.15, 0.2) is 41.2 Å². The molecule has 1 saturated heterocycles. The van der Waals surface area contributed by atoms with E-state index in [0.717, 1.165) is 25.1 Å². The van der Waals surface area contributed by atoms with E-state index in [2.05, 4.69) is 27.1 Å². The van der Waals surface area contributed by atoms with E-state index in [1.807, 2.05) is 23.1 Å². The number of thiophene rings is 1. The molecular formula is C15H17N3OS. The maximum absolute atomic E-state index is 12.3. The molecule has 0 aliphatic carbocycles. The van der Waals surface area contributed by atoms with Crippen LogP contribution < -0.4 is 5.32 Å². The first-order valence-electron chi connectivity index (χ1n) is 6.81. The minimum absolute atomic E-state index is 0.00403. The zero-order valence-electron chi connectivity index (χ0n) is 11.2. The van der Waals surface area contributed by atoms with Gasteiger partial charge in [0.15, 0.2) is 0 Å². The molecule has 1 N–H and O–H groups in total. The van der Waals surface area contributed by atoms with Gasteiger partial charge in [0, 0.05) is 12.7 Å². The third-order valence-electron chi connectivity index (χ3n) is 3.59. The van der Waals surface area contributed by atoms with E-state index in [1.165, 1.54) is 5.56 Å². The molecule has 2 aromatic rings. The highest BCUT2D eigenvalue weighted by Gasteiger charge is 2.29. The van der Waals surface area contributed by atoms with Gasteiger partial charge in [0.05, 0.1) is 18.3 Å². The van der Waals surface area contributed by atoms with Crippen LogP contribution in [0.1, 0.15) is 30.1 Å². The van der Waals surface area contributed by atoms with Crippen molar-refractivity contribution in [3.8, 4) is 0 Å². The zero-order valence-corrected chi connectivity index (χ0v) is 12.0. The molecule has 3 rings (SSSR count). The topological polar surface area (TPSA) is 45.2 Å². The molecule has 1 unspecified atom stereocenters. The van der Waals surface area contributed by atoms with Crippen molar-refractivity contribution >= 4 is 17.4 Å².